The van der Waals surface area contributed by atoms with Gasteiger partial charge in [-0.3, -0.25) is 24.4 Å². The highest BCUT2D eigenvalue weighted by Crippen LogP contribution is 2.38. The van der Waals surface area contributed by atoms with E-state index >= 15 is 0 Å². The number of carbonyl (C=O) groups excluding carboxylic acids is 3. The molecule has 33 heavy (non-hydrogen) atoms. The summed E-state index contributed by atoms with van der Waals surface area (Å²) in [6, 6.07) is 6.45. The molecular formula is C20H9N5O6S2. The van der Waals surface area contributed by atoms with Crippen LogP contribution in [-0.4, -0.2) is 44.3 Å². The van der Waals surface area contributed by atoms with Gasteiger partial charge in [0.2, 0.25) is 0 Å². The van der Waals surface area contributed by atoms with Gasteiger partial charge < -0.3 is 14.2 Å². The van der Waals surface area contributed by atoms with Gasteiger partial charge in [0.05, 0.1) is 31.8 Å². The van der Waals surface area contributed by atoms with Crippen LogP contribution in [0.5, 0.6) is 16.1 Å². The van der Waals surface area contributed by atoms with Crippen molar-refractivity contribution in [1.29, 1.82) is 0 Å². The van der Waals surface area contributed by atoms with E-state index in [1.165, 1.54) is 0 Å². The van der Waals surface area contributed by atoms with Gasteiger partial charge in [0.25, 0.3) is 29.8 Å². The summed E-state index contributed by atoms with van der Waals surface area (Å²) in [5, 5.41) is 0.321. The van der Waals surface area contributed by atoms with Gasteiger partial charge in [0.15, 0.2) is 0 Å². The van der Waals surface area contributed by atoms with E-state index in [9.17, 15) is 14.4 Å². The SMILES string of the molecule is O=COc1cc(-c2nccc3nc(OC=O)sc23)nc(-c2nccc3nc(OC=O)sc23)c1. The zero-order chi connectivity index (χ0) is 22.8. The number of rotatable bonds is 8. The summed E-state index contributed by atoms with van der Waals surface area (Å²) in [6.45, 7) is 0.893. The molecule has 162 valence electrons. The zero-order valence-corrected chi connectivity index (χ0v) is 17.8. The van der Waals surface area contributed by atoms with Crippen LogP contribution < -0.4 is 14.2 Å². The van der Waals surface area contributed by atoms with Crippen LogP contribution in [0.3, 0.4) is 0 Å². The van der Waals surface area contributed by atoms with Crippen LogP contribution in [0.15, 0.2) is 36.7 Å². The van der Waals surface area contributed by atoms with Gasteiger partial charge in [0.1, 0.15) is 17.1 Å². The monoisotopic (exact) mass is 479 g/mol. The molecule has 13 heteroatoms. The number of hydrogen-bond donors (Lipinski definition) is 0. The molecule has 0 saturated heterocycles. The number of aromatic nitrogens is 5. The molecule has 0 N–H and O–H groups in total. The third kappa shape index (κ3) is 3.86. The van der Waals surface area contributed by atoms with Crippen molar-refractivity contribution in [2.45, 2.75) is 0 Å². The Bertz CT molecular complexity index is 1430. The minimum absolute atomic E-state index is 0.161. The zero-order valence-electron chi connectivity index (χ0n) is 16.2. The second-order valence-corrected chi connectivity index (χ2v) is 8.11. The Morgan fingerprint density at radius 2 is 1.15 bits per heavy atom. The molecule has 5 aromatic heterocycles. The fraction of sp³-hybridized carbons (Fsp3) is 0. The van der Waals surface area contributed by atoms with E-state index in [1.54, 1.807) is 36.7 Å². The lowest BCUT2D eigenvalue weighted by Crippen LogP contribution is -1.96. The number of ether oxygens (including phenoxy) is 3. The van der Waals surface area contributed by atoms with E-state index in [0.717, 1.165) is 22.7 Å². The summed E-state index contributed by atoms with van der Waals surface area (Å²) >= 11 is 2.25. The van der Waals surface area contributed by atoms with Crippen LogP contribution >= 0.6 is 22.7 Å². The minimum Gasteiger partial charge on any atom is -0.429 e. The number of fused-ring (bicyclic) bond motifs is 2. The smallest absolute Gasteiger partial charge is 0.300 e. The Balaban J connectivity index is 1.71. The van der Waals surface area contributed by atoms with Gasteiger partial charge in [-0.15, -0.1) is 0 Å². The minimum atomic E-state index is 0.161. The van der Waals surface area contributed by atoms with Crippen LogP contribution in [0.25, 0.3) is 43.2 Å². The average molecular weight is 479 g/mol. The Labute approximate surface area is 191 Å². The largest absolute Gasteiger partial charge is 0.429 e. The lowest BCUT2D eigenvalue weighted by molar-refractivity contribution is -0.121. The van der Waals surface area contributed by atoms with Crippen molar-refractivity contribution in [1.82, 2.24) is 24.9 Å². The molecule has 0 bridgehead atoms. The molecule has 0 aliphatic carbocycles. The van der Waals surface area contributed by atoms with Gasteiger partial charge in [-0.1, -0.05) is 22.7 Å². The number of nitrogens with zero attached hydrogens (tertiary/aromatic N) is 5. The first-order valence-electron chi connectivity index (χ1n) is 9.05. The van der Waals surface area contributed by atoms with Gasteiger partial charge in [-0.25, -0.2) is 15.0 Å². The van der Waals surface area contributed by atoms with E-state index in [-0.39, 0.29) is 16.1 Å². The predicted molar refractivity (Wildman–Crippen MR) is 117 cm³/mol. The van der Waals surface area contributed by atoms with E-state index in [1.807, 2.05) is 0 Å². The average Bonchev–Trinajstić information content (AvgIpc) is 3.42. The van der Waals surface area contributed by atoms with Crippen LogP contribution in [0.4, 0.5) is 0 Å². The maximum atomic E-state index is 11.1. The van der Waals surface area contributed by atoms with Crippen molar-refractivity contribution in [2.24, 2.45) is 0 Å². The Morgan fingerprint density at radius 3 is 1.61 bits per heavy atom. The van der Waals surface area contributed by atoms with Crippen molar-refractivity contribution in [2.75, 3.05) is 0 Å². The Morgan fingerprint density at radius 1 is 0.667 bits per heavy atom. The van der Waals surface area contributed by atoms with Crippen LogP contribution in [0.2, 0.25) is 0 Å². The highest BCUT2D eigenvalue weighted by molar-refractivity contribution is 7.21. The van der Waals surface area contributed by atoms with Crippen molar-refractivity contribution < 1.29 is 28.6 Å². The number of pyridine rings is 3. The third-order valence-corrected chi connectivity index (χ3v) is 6.27. The lowest BCUT2D eigenvalue weighted by Gasteiger charge is -2.08. The highest BCUT2D eigenvalue weighted by Gasteiger charge is 2.18. The van der Waals surface area contributed by atoms with Crippen molar-refractivity contribution >= 4 is 62.5 Å². The topological polar surface area (TPSA) is 143 Å². The quantitative estimate of drug-likeness (QED) is 0.303. The molecule has 11 nitrogen and oxygen atoms in total. The molecular weight excluding hydrogens is 470 g/mol. The lowest BCUT2D eigenvalue weighted by atomic mass is 10.1. The van der Waals surface area contributed by atoms with E-state index < -0.39 is 0 Å². The first kappa shape index (κ1) is 20.5. The molecule has 0 amide bonds. The summed E-state index contributed by atoms with van der Waals surface area (Å²) in [6.07, 6.45) is 3.09. The molecule has 0 aromatic carbocycles. The first-order valence-corrected chi connectivity index (χ1v) is 10.7. The molecule has 0 fully saturated rings. The predicted octanol–water partition coefficient (Wildman–Crippen LogP) is 3.03. The molecule has 0 unspecified atom stereocenters. The Hall–Kier alpha value is -4.36. The maximum Gasteiger partial charge on any atom is 0.300 e. The van der Waals surface area contributed by atoms with Crippen LogP contribution in [-0.2, 0) is 14.4 Å². The van der Waals surface area contributed by atoms with Gasteiger partial charge in [-0.05, 0) is 12.1 Å². The Kier molecular flexibility index (Phi) is 5.38. The van der Waals surface area contributed by atoms with Crippen LogP contribution in [0.1, 0.15) is 0 Å². The first-order chi connectivity index (χ1) is 16.2. The number of thiazole rings is 2. The number of carbonyl (C=O) groups is 3. The van der Waals surface area contributed by atoms with Crippen molar-refractivity contribution in [3.63, 3.8) is 0 Å². The van der Waals surface area contributed by atoms with E-state index in [0.29, 0.717) is 62.6 Å². The summed E-state index contributed by atoms with van der Waals surface area (Å²) in [5.74, 6) is 0.213. The summed E-state index contributed by atoms with van der Waals surface area (Å²) in [5.41, 5.74) is 2.78. The third-order valence-electron chi connectivity index (χ3n) is 4.34. The molecule has 5 aromatic rings. The fourth-order valence-corrected chi connectivity index (χ4v) is 4.85. The summed E-state index contributed by atoms with van der Waals surface area (Å²) < 4.78 is 16.1. The van der Waals surface area contributed by atoms with E-state index in [2.05, 4.69) is 24.9 Å². The summed E-state index contributed by atoms with van der Waals surface area (Å²) in [4.78, 5) is 54.4. The normalized spacial score (nSPS) is 10.8. The second-order valence-electron chi connectivity index (χ2n) is 6.19. The molecule has 0 radical (unpaired) electrons. The van der Waals surface area contributed by atoms with Crippen molar-refractivity contribution in [3.8, 4) is 38.9 Å². The molecule has 5 heterocycles. The molecule has 0 aliphatic rings. The molecule has 5 rings (SSSR count). The van der Waals surface area contributed by atoms with Gasteiger partial charge in [0, 0.05) is 24.5 Å². The molecule has 0 spiro atoms. The second kappa shape index (κ2) is 8.64. The van der Waals surface area contributed by atoms with Gasteiger partial charge >= 0.3 is 0 Å². The van der Waals surface area contributed by atoms with Gasteiger partial charge in [-0.2, -0.15) is 0 Å². The highest BCUT2D eigenvalue weighted by atomic mass is 32.1. The van der Waals surface area contributed by atoms with E-state index in [4.69, 9.17) is 14.2 Å². The molecule has 0 atom stereocenters. The summed E-state index contributed by atoms with van der Waals surface area (Å²) in [7, 11) is 0. The standard InChI is InChI=1S/C20H9N5O6S2/c26-7-29-10-5-13(15-17-11(1-3-21-15)24-19(32-17)30-8-27)23-14(6-10)16-18-12(2-4-22-16)25-20(33-18)31-9-28/h1-9H. The number of hydrogen-bond acceptors (Lipinski definition) is 13. The fourth-order valence-electron chi connectivity index (χ4n) is 3.09. The van der Waals surface area contributed by atoms with Crippen LogP contribution in [0, 0.1) is 0 Å². The molecule has 0 saturated carbocycles. The molecule has 0 aliphatic heterocycles. The maximum absolute atomic E-state index is 11.1. The van der Waals surface area contributed by atoms with Crippen molar-refractivity contribution in [3.05, 3.63) is 36.7 Å².